The summed E-state index contributed by atoms with van der Waals surface area (Å²) in [5.74, 6) is -0.0146. The Morgan fingerprint density at radius 1 is 1.02 bits per heavy atom. The first-order chi connectivity index (χ1) is 30.9. The maximum atomic E-state index is 14.0. The Hall–Kier alpha value is -5.53. The van der Waals surface area contributed by atoms with Crippen molar-refractivity contribution >= 4 is 70.9 Å². The van der Waals surface area contributed by atoms with Crippen LogP contribution in [0.15, 0.2) is 95.7 Å². The lowest BCUT2D eigenvalue weighted by Gasteiger charge is -2.39. The summed E-state index contributed by atoms with van der Waals surface area (Å²) in [7, 11) is -7.19. The summed E-state index contributed by atoms with van der Waals surface area (Å²) in [6.07, 6.45) is 6.43. The zero-order chi connectivity index (χ0) is 46.1. The minimum absolute atomic E-state index is 0.0624. The number of benzene rings is 3. The van der Waals surface area contributed by atoms with Crippen LogP contribution in [-0.4, -0.2) is 113 Å². The predicted octanol–water partition coefficient (Wildman–Crippen LogP) is 7.98. The Kier molecular flexibility index (Phi) is 13.3. The van der Waals surface area contributed by atoms with E-state index in [1.165, 1.54) is 41.1 Å². The highest BCUT2D eigenvalue weighted by Gasteiger charge is 2.31. The molecule has 5 aromatic rings. The molecule has 2 fully saturated rings. The van der Waals surface area contributed by atoms with Gasteiger partial charge in [-0.05, 0) is 91.3 Å². The van der Waals surface area contributed by atoms with Crippen LogP contribution in [0.4, 0.5) is 17.1 Å². The fourth-order valence-electron chi connectivity index (χ4n) is 8.82. The molecule has 1 amide bonds. The Morgan fingerprint density at radius 3 is 2.48 bits per heavy atom. The van der Waals surface area contributed by atoms with Crippen LogP contribution in [0.5, 0.6) is 11.5 Å². The second kappa shape index (κ2) is 18.8. The summed E-state index contributed by atoms with van der Waals surface area (Å²) >= 11 is 6.24. The van der Waals surface area contributed by atoms with Crippen molar-refractivity contribution in [2.75, 3.05) is 74.1 Å². The number of pyridine rings is 1. The van der Waals surface area contributed by atoms with Gasteiger partial charge in [-0.1, -0.05) is 43.2 Å². The average molecular weight is 945 g/mol. The van der Waals surface area contributed by atoms with Gasteiger partial charge in [-0.15, -0.1) is 0 Å². The largest absolute Gasteiger partial charge is 0.455 e. The number of carbonyl (C=O) groups is 1. The highest BCUT2D eigenvalue weighted by Crippen LogP contribution is 2.43. The van der Waals surface area contributed by atoms with E-state index in [4.69, 9.17) is 21.1 Å². The Morgan fingerprint density at radius 2 is 1.75 bits per heavy atom. The molecule has 0 bridgehead atoms. The highest BCUT2D eigenvalue weighted by molar-refractivity contribution is 7.92. The second-order valence-corrected chi connectivity index (χ2v) is 22.6. The molecule has 2 saturated heterocycles. The van der Waals surface area contributed by atoms with Crippen LogP contribution < -0.4 is 19.7 Å². The lowest BCUT2D eigenvalue weighted by Crippen LogP contribution is -2.47. The fourth-order valence-corrected chi connectivity index (χ4v) is 11.2. The number of hydrogen-bond donors (Lipinski definition) is 4. The van der Waals surface area contributed by atoms with Crippen molar-refractivity contribution in [3.8, 4) is 11.5 Å². The monoisotopic (exact) mass is 943 g/mol. The van der Waals surface area contributed by atoms with Crippen molar-refractivity contribution < 1.29 is 27.1 Å². The second-order valence-electron chi connectivity index (χ2n) is 18.0. The number of nitro groups is 1. The quantitative estimate of drug-likeness (QED) is 0.0618. The minimum atomic E-state index is -4.62. The number of aromatic amines is 1. The Labute approximate surface area is 384 Å². The van der Waals surface area contributed by atoms with Gasteiger partial charge < -0.3 is 19.9 Å². The molecule has 4 N–H and O–H groups in total. The van der Waals surface area contributed by atoms with E-state index in [1.54, 1.807) is 24.4 Å². The summed E-state index contributed by atoms with van der Waals surface area (Å²) < 4.78 is 55.9. The van der Waals surface area contributed by atoms with Crippen molar-refractivity contribution in [3.63, 3.8) is 0 Å². The summed E-state index contributed by atoms with van der Waals surface area (Å²) in [5.41, 5.74) is 5.29. The molecule has 3 aromatic carbocycles. The number of amides is 1. The molecule has 19 heteroatoms. The molecular formula is C46H54ClN9O7S2. The number of nitro benzene ring substituents is 1. The van der Waals surface area contributed by atoms with E-state index >= 15 is 0 Å². The van der Waals surface area contributed by atoms with E-state index in [1.807, 2.05) is 30.0 Å². The van der Waals surface area contributed by atoms with Crippen LogP contribution in [-0.2, 0) is 19.8 Å². The summed E-state index contributed by atoms with van der Waals surface area (Å²) in [4.78, 5) is 39.2. The standard InChI is InChI=1S/C46H54ClN9O7S2/c1-31(29-54-20-22-64(48,60)23-21-54)51-41-11-9-38(26-42(41)56(58)59)65(61,62)52-45(57)39-10-8-36(25-43(39)63-37-24-33-13-15-49-44(33)50-28-37)55-18-16-53(17-19-55)30-34-12-14-46(2,3)27-40(34)32-4-6-35(47)7-5-32/h4-11,13,15,24-26,28,31,48,51H,12,14,16-23,27,29-30H2,1-3H3,(H,49,50)(H,52,57)/t31-/m0/s1. The molecule has 4 heterocycles. The molecule has 2 aliphatic heterocycles. The number of anilines is 2. The zero-order valence-electron chi connectivity index (χ0n) is 36.6. The molecular weight excluding hydrogens is 890 g/mol. The number of allylic oxidation sites excluding steroid dienone is 1. The molecule has 1 atom stereocenters. The van der Waals surface area contributed by atoms with Gasteiger partial charge in [-0.25, -0.2) is 22.3 Å². The van der Waals surface area contributed by atoms with E-state index in [0.717, 1.165) is 61.1 Å². The number of sulfonamides is 1. The van der Waals surface area contributed by atoms with E-state index in [-0.39, 0.29) is 40.0 Å². The summed E-state index contributed by atoms with van der Waals surface area (Å²) in [6.45, 7) is 11.8. The summed E-state index contributed by atoms with van der Waals surface area (Å²) in [6, 6.07) is 19.9. The van der Waals surface area contributed by atoms with Gasteiger partial charge in [0.25, 0.3) is 21.6 Å². The predicted molar refractivity (Wildman–Crippen MR) is 255 cm³/mol. The highest BCUT2D eigenvalue weighted by atomic mass is 35.5. The number of fused-ring (bicyclic) bond motifs is 1. The molecule has 2 aromatic heterocycles. The molecule has 0 saturated carbocycles. The number of ether oxygens (including phenoxy) is 1. The number of aromatic nitrogens is 2. The van der Waals surface area contributed by atoms with Gasteiger partial charge in [-0.3, -0.25) is 29.5 Å². The minimum Gasteiger partial charge on any atom is -0.455 e. The van der Waals surface area contributed by atoms with Gasteiger partial charge in [0.05, 0.1) is 21.6 Å². The molecule has 0 radical (unpaired) electrons. The van der Waals surface area contributed by atoms with Crippen molar-refractivity contribution in [3.05, 3.63) is 117 Å². The molecule has 8 rings (SSSR count). The molecule has 16 nitrogen and oxygen atoms in total. The van der Waals surface area contributed by atoms with Gasteiger partial charge in [-0.2, -0.15) is 0 Å². The lowest BCUT2D eigenvalue weighted by molar-refractivity contribution is -0.384. The topological polar surface area (TPSA) is 207 Å². The molecule has 0 unspecified atom stereocenters. The number of hydrogen-bond acceptors (Lipinski definition) is 13. The number of carbonyl (C=O) groups excluding carboxylic acids is 1. The third kappa shape index (κ3) is 11.1. The van der Waals surface area contributed by atoms with Crippen LogP contribution in [0.2, 0.25) is 5.02 Å². The SMILES string of the molecule is C[C@@H](CN1CCS(=N)(=O)CC1)Nc1ccc(S(=O)(=O)NC(=O)c2ccc(N3CCN(CC4=C(c5ccc(Cl)cc5)CC(C)(C)CC4)CC3)cc2Oc2cnc3[nH]ccc3c2)cc1[N+](=O)[O-]. The van der Waals surface area contributed by atoms with Gasteiger partial charge in [0.1, 0.15) is 22.8 Å². The van der Waals surface area contributed by atoms with Crippen molar-refractivity contribution in [1.82, 2.24) is 24.5 Å². The number of nitrogens with zero attached hydrogens (tertiary/aromatic N) is 5. The smallest absolute Gasteiger partial charge is 0.293 e. The Balaban J connectivity index is 0.989. The molecule has 344 valence electrons. The molecule has 65 heavy (non-hydrogen) atoms. The third-order valence-corrected chi connectivity index (χ3v) is 15.7. The average Bonchev–Trinajstić information content (AvgIpc) is 3.73. The van der Waals surface area contributed by atoms with Gasteiger partial charge >= 0.3 is 0 Å². The maximum Gasteiger partial charge on any atom is 0.293 e. The van der Waals surface area contributed by atoms with Gasteiger partial charge in [0.15, 0.2) is 0 Å². The number of nitrogens with one attached hydrogen (secondary N) is 4. The van der Waals surface area contributed by atoms with E-state index in [0.29, 0.717) is 44.1 Å². The van der Waals surface area contributed by atoms with Crippen molar-refractivity contribution in [2.24, 2.45) is 5.41 Å². The van der Waals surface area contributed by atoms with Crippen LogP contribution >= 0.6 is 11.6 Å². The third-order valence-electron chi connectivity index (χ3n) is 12.5. The first kappa shape index (κ1) is 46.0. The molecule has 1 aliphatic carbocycles. The van der Waals surface area contributed by atoms with Crippen LogP contribution in [0.25, 0.3) is 16.6 Å². The van der Waals surface area contributed by atoms with Gasteiger partial charge in [0.2, 0.25) is 0 Å². The normalized spacial score (nSPS) is 18.6. The van der Waals surface area contributed by atoms with Crippen LogP contribution in [0, 0.1) is 20.3 Å². The number of piperazine rings is 1. The first-order valence-corrected chi connectivity index (χ1v) is 25.4. The van der Waals surface area contributed by atoms with Gasteiger partial charge in [0, 0.05) is 114 Å². The Bertz CT molecular complexity index is 2850. The fraction of sp³-hybridized carbons (Fsp3) is 0.391. The van der Waals surface area contributed by atoms with E-state index in [9.17, 15) is 27.5 Å². The van der Waals surface area contributed by atoms with E-state index < -0.39 is 41.2 Å². The first-order valence-electron chi connectivity index (χ1n) is 21.7. The van der Waals surface area contributed by atoms with Crippen molar-refractivity contribution in [1.29, 1.82) is 4.78 Å². The van der Waals surface area contributed by atoms with Crippen molar-refractivity contribution in [2.45, 2.75) is 51.0 Å². The maximum absolute atomic E-state index is 14.0. The number of halogens is 1. The zero-order valence-corrected chi connectivity index (χ0v) is 39.0. The molecule has 0 spiro atoms. The number of H-pyrrole nitrogens is 1. The van der Waals surface area contributed by atoms with Crippen LogP contribution in [0.1, 0.15) is 56.0 Å². The number of rotatable bonds is 14. The lowest BCUT2D eigenvalue weighted by atomic mass is 9.72. The molecule has 3 aliphatic rings. The van der Waals surface area contributed by atoms with E-state index in [2.05, 4.69) is 55.8 Å². The summed E-state index contributed by atoms with van der Waals surface area (Å²) in [5, 5.41) is 16.8. The van der Waals surface area contributed by atoms with Crippen LogP contribution in [0.3, 0.4) is 0 Å².